The van der Waals surface area contributed by atoms with Crippen molar-refractivity contribution in [2.75, 3.05) is 0 Å². The van der Waals surface area contributed by atoms with Crippen LogP contribution < -0.4 is 4.74 Å². The molecule has 1 fully saturated rings. The standard InChI is InChI=1S/C19H28O2/c1-3-5-15-7-9-16(10-8-15)17-11-13-18(14-12-17)21-19(20)6-4-2/h11-16H,3-10H2,1-2H3/t15-,16-. The van der Waals surface area contributed by atoms with Gasteiger partial charge in [-0.2, -0.15) is 0 Å². The van der Waals surface area contributed by atoms with Crippen molar-refractivity contribution in [3.8, 4) is 5.75 Å². The largest absolute Gasteiger partial charge is 0.427 e. The van der Waals surface area contributed by atoms with Crippen molar-refractivity contribution < 1.29 is 9.53 Å². The highest BCUT2D eigenvalue weighted by Gasteiger charge is 2.21. The molecular weight excluding hydrogens is 260 g/mol. The van der Waals surface area contributed by atoms with Crippen molar-refractivity contribution in [1.82, 2.24) is 0 Å². The SMILES string of the molecule is CCCC(=O)Oc1ccc([C@H]2CC[C@H](CCC)CC2)cc1. The molecule has 0 radical (unpaired) electrons. The second-order valence-electron chi connectivity index (χ2n) is 6.30. The van der Waals surface area contributed by atoms with Crippen LogP contribution in [-0.2, 0) is 4.79 Å². The first-order valence-electron chi connectivity index (χ1n) is 8.53. The number of hydrogen-bond donors (Lipinski definition) is 0. The summed E-state index contributed by atoms with van der Waals surface area (Å²) in [6, 6.07) is 8.17. The van der Waals surface area contributed by atoms with Gasteiger partial charge in [-0.15, -0.1) is 0 Å². The molecule has 0 unspecified atom stereocenters. The van der Waals surface area contributed by atoms with Crippen molar-refractivity contribution >= 4 is 5.97 Å². The van der Waals surface area contributed by atoms with Gasteiger partial charge in [0, 0.05) is 6.42 Å². The minimum absolute atomic E-state index is 0.134. The van der Waals surface area contributed by atoms with Gasteiger partial charge in [0.05, 0.1) is 0 Å². The molecular formula is C19H28O2. The Bertz CT molecular complexity index is 427. The fourth-order valence-corrected chi connectivity index (χ4v) is 3.39. The predicted molar refractivity (Wildman–Crippen MR) is 86.6 cm³/mol. The summed E-state index contributed by atoms with van der Waals surface area (Å²) < 4.78 is 5.31. The van der Waals surface area contributed by atoms with E-state index in [1.54, 1.807) is 0 Å². The van der Waals surface area contributed by atoms with Crippen molar-refractivity contribution in [2.45, 2.75) is 71.1 Å². The third-order valence-electron chi connectivity index (χ3n) is 4.58. The number of carbonyl (C=O) groups is 1. The number of esters is 1. The van der Waals surface area contributed by atoms with Gasteiger partial charge in [-0.05, 0) is 61.6 Å². The molecule has 0 heterocycles. The number of ether oxygens (including phenoxy) is 1. The second-order valence-corrected chi connectivity index (χ2v) is 6.30. The Hall–Kier alpha value is -1.31. The normalized spacial score (nSPS) is 22.0. The lowest BCUT2D eigenvalue weighted by Crippen LogP contribution is -2.13. The van der Waals surface area contributed by atoms with Gasteiger partial charge in [-0.3, -0.25) is 4.79 Å². The molecule has 0 atom stereocenters. The highest BCUT2D eigenvalue weighted by molar-refractivity contribution is 5.72. The Morgan fingerprint density at radius 2 is 1.71 bits per heavy atom. The summed E-state index contributed by atoms with van der Waals surface area (Å²) >= 11 is 0. The molecule has 1 saturated carbocycles. The Labute approximate surface area is 128 Å². The average Bonchev–Trinajstić information content (AvgIpc) is 2.49. The van der Waals surface area contributed by atoms with E-state index in [9.17, 15) is 4.79 Å². The van der Waals surface area contributed by atoms with Crippen LogP contribution in [0.1, 0.15) is 76.7 Å². The lowest BCUT2D eigenvalue weighted by atomic mass is 9.77. The first kappa shape index (κ1) is 16.1. The molecule has 0 bridgehead atoms. The molecule has 1 aromatic rings. The molecule has 0 aliphatic heterocycles. The van der Waals surface area contributed by atoms with Gasteiger partial charge in [0.2, 0.25) is 0 Å². The molecule has 116 valence electrons. The number of carbonyl (C=O) groups excluding carboxylic acids is 1. The minimum atomic E-state index is -0.134. The molecule has 1 aliphatic carbocycles. The third kappa shape index (κ3) is 4.87. The second kappa shape index (κ2) is 8.21. The maximum absolute atomic E-state index is 11.5. The highest BCUT2D eigenvalue weighted by atomic mass is 16.5. The summed E-state index contributed by atoms with van der Waals surface area (Å²) in [5.41, 5.74) is 1.40. The first-order chi connectivity index (χ1) is 10.2. The summed E-state index contributed by atoms with van der Waals surface area (Å²) in [7, 11) is 0. The van der Waals surface area contributed by atoms with Gasteiger partial charge in [-0.25, -0.2) is 0 Å². The summed E-state index contributed by atoms with van der Waals surface area (Å²) in [5, 5.41) is 0. The molecule has 0 amide bonds. The Balaban J connectivity index is 1.86. The fourth-order valence-electron chi connectivity index (χ4n) is 3.39. The molecule has 21 heavy (non-hydrogen) atoms. The van der Waals surface area contributed by atoms with Crippen molar-refractivity contribution in [1.29, 1.82) is 0 Å². The van der Waals surface area contributed by atoms with Gasteiger partial charge in [0.25, 0.3) is 0 Å². The molecule has 0 N–H and O–H groups in total. The minimum Gasteiger partial charge on any atom is -0.427 e. The zero-order chi connectivity index (χ0) is 15.1. The monoisotopic (exact) mass is 288 g/mol. The molecule has 2 rings (SSSR count). The van der Waals surface area contributed by atoms with Crippen LogP contribution in [0.15, 0.2) is 24.3 Å². The molecule has 2 nitrogen and oxygen atoms in total. The first-order valence-corrected chi connectivity index (χ1v) is 8.53. The van der Waals surface area contributed by atoms with E-state index in [0.717, 1.165) is 12.3 Å². The van der Waals surface area contributed by atoms with Gasteiger partial charge in [0.1, 0.15) is 5.75 Å². The lowest BCUT2D eigenvalue weighted by Gasteiger charge is -2.28. The summed E-state index contributed by atoms with van der Waals surface area (Å²) in [5.74, 6) is 2.18. The number of hydrogen-bond acceptors (Lipinski definition) is 2. The number of rotatable bonds is 6. The van der Waals surface area contributed by atoms with Crippen LogP contribution in [0.4, 0.5) is 0 Å². The van der Waals surface area contributed by atoms with Gasteiger partial charge in [0.15, 0.2) is 0 Å². The van der Waals surface area contributed by atoms with Crippen molar-refractivity contribution in [2.24, 2.45) is 5.92 Å². The van der Waals surface area contributed by atoms with Crippen LogP contribution in [0.3, 0.4) is 0 Å². The van der Waals surface area contributed by atoms with Crippen molar-refractivity contribution in [3.63, 3.8) is 0 Å². The van der Waals surface area contributed by atoms with Crippen LogP contribution in [0.25, 0.3) is 0 Å². The smallest absolute Gasteiger partial charge is 0.311 e. The van der Waals surface area contributed by atoms with Gasteiger partial charge in [-0.1, -0.05) is 38.8 Å². The average molecular weight is 288 g/mol. The molecule has 1 aromatic carbocycles. The van der Waals surface area contributed by atoms with E-state index in [2.05, 4.69) is 19.1 Å². The van der Waals surface area contributed by atoms with E-state index < -0.39 is 0 Å². The molecule has 0 spiro atoms. The topological polar surface area (TPSA) is 26.3 Å². The van der Waals surface area contributed by atoms with E-state index in [0.29, 0.717) is 18.1 Å². The molecule has 2 heteroatoms. The van der Waals surface area contributed by atoms with Crippen molar-refractivity contribution in [3.05, 3.63) is 29.8 Å². The van der Waals surface area contributed by atoms with Crippen LogP contribution in [-0.4, -0.2) is 5.97 Å². The maximum atomic E-state index is 11.5. The quantitative estimate of drug-likeness (QED) is 0.513. The maximum Gasteiger partial charge on any atom is 0.311 e. The fraction of sp³-hybridized carbons (Fsp3) is 0.632. The zero-order valence-electron chi connectivity index (χ0n) is 13.4. The molecule has 1 aliphatic rings. The third-order valence-corrected chi connectivity index (χ3v) is 4.58. The van der Waals surface area contributed by atoms with Gasteiger partial charge >= 0.3 is 5.97 Å². The lowest BCUT2D eigenvalue weighted by molar-refractivity contribution is -0.134. The summed E-state index contributed by atoms with van der Waals surface area (Å²) in [6.45, 7) is 4.27. The molecule has 0 aromatic heterocycles. The van der Waals surface area contributed by atoms with Crippen LogP contribution >= 0.6 is 0 Å². The zero-order valence-corrected chi connectivity index (χ0v) is 13.4. The van der Waals surface area contributed by atoms with Gasteiger partial charge < -0.3 is 4.74 Å². The Morgan fingerprint density at radius 1 is 1.05 bits per heavy atom. The summed E-state index contributed by atoms with van der Waals surface area (Å²) in [6.07, 6.45) is 9.37. The predicted octanol–water partition coefficient (Wildman–Crippen LogP) is 5.47. The van der Waals surface area contributed by atoms with E-state index in [4.69, 9.17) is 4.74 Å². The van der Waals surface area contributed by atoms with Crippen LogP contribution in [0.2, 0.25) is 0 Å². The van der Waals surface area contributed by atoms with Crippen LogP contribution in [0, 0.1) is 5.92 Å². The Morgan fingerprint density at radius 3 is 2.29 bits per heavy atom. The van der Waals surface area contributed by atoms with E-state index in [1.165, 1.54) is 44.1 Å². The highest BCUT2D eigenvalue weighted by Crippen LogP contribution is 2.37. The summed E-state index contributed by atoms with van der Waals surface area (Å²) in [4.78, 5) is 11.5. The van der Waals surface area contributed by atoms with E-state index >= 15 is 0 Å². The number of benzene rings is 1. The molecule has 0 saturated heterocycles. The van der Waals surface area contributed by atoms with E-state index in [1.807, 2.05) is 19.1 Å². The van der Waals surface area contributed by atoms with E-state index in [-0.39, 0.29) is 5.97 Å². The Kier molecular flexibility index (Phi) is 6.28. The van der Waals surface area contributed by atoms with Crippen LogP contribution in [0.5, 0.6) is 5.75 Å².